The maximum Gasteiger partial charge on any atom is 0.250 e. The molecule has 4 nitrogen and oxygen atoms in total. The zero-order chi connectivity index (χ0) is 14.6. The molecule has 0 aliphatic heterocycles. The highest BCUT2D eigenvalue weighted by Gasteiger charge is 2.16. The second kappa shape index (κ2) is 6.49. The summed E-state index contributed by atoms with van der Waals surface area (Å²) in [7, 11) is -1.59. The molecule has 0 radical (unpaired) electrons. The average Bonchev–Trinajstić information content (AvgIpc) is 2.87. The molecule has 2 aromatic rings. The number of hydrogen-bond donors (Lipinski definition) is 2. The molecule has 108 valence electrons. The van der Waals surface area contributed by atoms with Crippen molar-refractivity contribution in [3.63, 3.8) is 0 Å². The summed E-state index contributed by atoms with van der Waals surface area (Å²) in [6.45, 7) is 2.97. The topological polar surface area (TPSA) is 58.2 Å². The lowest BCUT2D eigenvalue weighted by molar-refractivity contribution is 0.583. The third-order valence-corrected chi connectivity index (χ3v) is 5.78. The van der Waals surface area contributed by atoms with Crippen molar-refractivity contribution in [3.8, 4) is 0 Å². The second-order valence-corrected chi connectivity index (χ2v) is 7.73. The van der Waals surface area contributed by atoms with Crippen molar-refractivity contribution in [3.05, 3.63) is 52.4 Å². The first-order valence-electron chi connectivity index (χ1n) is 6.30. The Bertz CT molecular complexity index is 678. The molecule has 1 aromatic carbocycles. The summed E-state index contributed by atoms with van der Waals surface area (Å²) in [5.41, 5.74) is 2.08. The van der Waals surface area contributed by atoms with Crippen LogP contribution in [0.5, 0.6) is 0 Å². The fraction of sp³-hybridized carbons (Fsp3) is 0.286. The molecule has 1 aromatic heterocycles. The van der Waals surface area contributed by atoms with Crippen LogP contribution in [0.15, 0.2) is 40.6 Å². The number of hydrogen-bond acceptors (Lipinski definition) is 4. The highest BCUT2D eigenvalue weighted by molar-refractivity contribution is 7.91. The van der Waals surface area contributed by atoms with E-state index in [4.69, 9.17) is 0 Å². The fourth-order valence-corrected chi connectivity index (χ4v) is 4.27. The van der Waals surface area contributed by atoms with Crippen molar-refractivity contribution in [1.82, 2.24) is 10.0 Å². The van der Waals surface area contributed by atoms with E-state index in [9.17, 15) is 8.42 Å². The first-order valence-corrected chi connectivity index (χ1v) is 8.60. The number of rotatable bonds is 6. The van der Waals surface area contributed by atoms with Gasteiger partial charge in [0, 0.05) is 18.0 Å². The van der Waals surface area contributed by atoms with Gasteiger partial charge in [0.1, 0.15) is 4.21 Å². The Morgan fingerprint density at radius 3 is 2.65 bits per heavy atom. The van der Waals surface area contributed by atoms with Gasteiger partial charge in [-0.1, -0.05) is 29.8 Å². The van der Waals surface area contributed by atoms with Gasteiger partial charge in [0.15, 0.2) is 0 Å². The molecule has 20 heavy (non-hydrogen) atoms. The Morgan fingerprint density at radius 2 is 1.95 bits per heavy atom. The molecule has 0 atom stereocenters. The van der Waals surface area contributed by atoms with Crippen LogP contribution in [0.2, 0.25) is 0 Å². The molecule has 2 N–H and O–H groups in total. The van der Waals surface area contributed by atoms with Crippen LogP contribution >= 0.6 is 11.3 Å². The largest absolute Gasteiger partial charge is 0.315 e. The van der Waals surface area contributed by atoms with Gasteiger partial charge in [0.2, 0.25) is 10.0 Å². The molecule has 0 unspecified atom stereocenters. The smallest absolute Gasteiger partial charge is 0.250 e. The molecule has 0 fully saturated rings. The standard InChI is InChI=1S/C14H18N2O2S2/c1-11-4-3-5-12(8-11)9-16-20(17,18)14-7-6-13(19-14)10-15-2/h3-8,15-16H,9-10H2,1-2H3. The Hall–Kier alpha value is -1.21. The fourth-order valence-electron chi connectivity index (χ4n) is 1.84. The summed E-state index contributed by atoms with van der Waals surface area (Å²) < 4.78 is 27.4. The van der Waals surface area contributed by atoms with E-state index in [0.717, 1.165) is 16.0 Å². The summed E-state index contributed by atoms with van der Waals surface area (Å²) in [6, 6.07) is 11.3. The van der Waals surface area contributed by atoms with Gasteiger partial charge in [-0.05, 0) is 31.7 Å². The highest BCUT2D eigenvalue weighted by Crippen LogP contribution is 2.21. The lowest BCUT2D eigenvalue weighted by atomic mass is 10.1. The van der Waals surface area contributed by atoms with E-state index >= 15 is 0 Å². The molecular weight excluding hydrogens is 292 g/mol. The number of benzene rings is 1. The monoisotopic (exact) mass is 310 g/mol. The van der Waals surface area contributed by atoms with Crippen molar-refractivity contribution in [2.24, 2.45) is 0 Å². The molecular formula is C14H18N2O2S2. The first-order chi connectivity index (χ1) is 9.51. The molecule has 0 spiro atoms. The van der Waals surface area contributed by atoms with Gasteiger partial charge in [-0.2, -0.15) is 0 Å². The zero-order valence-electron chi connectivity index (χ0n) is 11.5. The van der Waals surface area contributed by atoms with Crippen molar-refractivity contribution in [2.75, 3.05) is 7.05 Å². The Balaban J connectivity index is 2.06. The Morgan fingerprint density at radius 1 is 1.15 bits per heavy atom. The van der Waals surface area contributed by atoms with E-state index in [0.29, 0.717) is 17.3 Å². The maximum absolute atomic E-state index is 12.2. The first kappa shape index (κ1) is 15.2. The van der Waals surface area contributed by atoms with Crippen LogP contribution in [0.4, 0.5) is 0 Å². The van der Waals surface area contributed by atoms with Crippen LogP contribution in [0, 0.1) is 6.92 Å². The van der Waals surface area contributed by atoms with Gasteiger partial charge in [-0.3, -0.25) is 0 Å². The van der Waals surface area contributed by atoms with E-state index in [1.165, 1.54) is 11.3 Å². The normalized spacial score (nSPS) is 11.7. The van der Waals surface area contributed by atoms with Gasteiger partial charge in [-0.25, -0.2) is 13.1 Å². The summed E-state index contributed by atoms with van der Waals surface area (Å²) in [4.78, 5) is 1.00. The van der Waals surface area contributed by atoms with E-state index < -0.39 is 10.0 Å². The van der Waals surface area contributed by atoms with Crippen molar-refractivity contribution in [2.45, 2.75) is 24.2 Å². The van der Waals surface area contributed by atoms with Crippen molar-refractivity contribution < 1.29 is 8.42 Å². The van der Waals surface area contributed by atoms with E-state index in [2.05, 4.69) is 10.0 Å². The lowest BCUT2D eigenvalue weighted by Gasteiger charge is -2.05. The molecule has 0 saturated carbocycles. The average molecular weight is 310 g/mol. The molecule has 0 bridgehead atoms. The van der Waals surface area contributed by atoms with Crippen LogP contribution in [-0.4, -0.2) is 15.5 Å². The van der Waals surface area contributed by atoms with Crippen molar-refractivity contribution in [1.29, 1.82) is 0 Å². The molecule has 0 aliphatic carbocycles. The lowest BCUT2D eigenvalue weighted by Crippen LogP contribution is -2.22. The number of thiophene rings is 1. The maximum atomic E-state index is 12.2. The van der Waals surface area contributed by atoms with Crippen LogP contribution < -0.4 is 10.0 Å². The minimum atomic E-state index is -3.43. The molecule has 2 rings (SSSR count). The summed E-state index contributed by atoms with van der Waals surface area (Å²) >= 11 is 1.29. The predicted molar refractivity (Wildman–Crippen MR) is 82.3 cm³/mol. The van der Waals surface area contributed by atoms with Crippen LogP contribution in [0.3, 0.4) is 0 Å². The molecule has 0 aliphatic rings. The number of aryl methyl sites for hydroxylation is 1. The highest BCUT2D eigenvalue weighted by atomic mass is 32.2. The van der Waals surface area contributed by atoms with Crippen LogP contribution in [-0.2, 0) is 23.1 Å². The van der Waals surface area contributed by atoms with E-state index in [1.54, 1.807) is 6.07 Å². The SMILES string of the molecule is CNCc1ccc(S(=O)(=O)NCc2cccc(C)c2)s1. The number of nitrogens with one attached hydrogen (secondary N) is 2. The van der Waals surface area contributed by atoms with Crippen LogP contribution in [0.25, 0.3) is 0 Å². The summed E-state index contributed by atoms with van der Waals surface area (Å²) in [5, 5.41) is 3.01. The third-order valence-electron chi connectivity index (χ3n) is 2.80. The van der Waals surface area contributed by atoms with Gasteiger partial charge in [-0.15, -0.1) is 11.3 Å². The minimum absolute atomic E-state index is 0.309. The van der Waals surface area contributed by atoms with Gasteiger partial charge < -0.3 is 5.32 Å². The van der Waals surface area contributed by atoms with Gasteiger partial charge in [0.25, 0.3) is 0 Å². The molecule has 0 saturated heterocycles. The summed E-state index contributed by atoms with van der Waals surface area (Å²) in [5.74, 6) is 0. The molecule has 0 amide bonds. The minimum Gasteiger partial charge on any atom is -0.315 e. The van der Waals surface area contributed by atoms with Gasteiger partial charge in [0.05, 0.1) is 0 Å². The summed E-state index contributed by atoms with van der Waals surface area (Å²) in [6.07, 6.45) is 0. The molecule has 6 heteroatoms. The third kappa shape index (κ3) is 3.89. The number of sulfonamides is 1. The Kier molecular flexibility index (Phi) is 4.93. The van der Waals surface area contributed by atoms with Crippen molar-refractivity contribution >= 4 is 21.4 Å². The quantitative estimate of drug-likeness (QED) is 0.860. The van der Waals surface area contributed by atoms with Gasteiger partial charge >= 0.3 is 0 Å². The van der Waals surface area contributed by atoms with Crippen LogP contribution in [0.1, 0.15) is 16.0 Å². The zero-order valence-corrected chi connectivity index (χ0v) is 13.1. The van der Waals surface area contributed by atoms with E-state index in [1.807, 2.05) is 44.3 Å². The molecule has 1 heterocycles. The van der Waals surface area contributed by atoms with E-state index in [-0.39, 0.29) is 0 Å². The second-order valence-electron chi connectivity index (χ2n) is 4.56. The Labute approximate surface area is 123 Å². The predicted octanol–water partition coefficient (Wildman–Crippen LogP) is 2.25.